The molecular formula is C7H13NO3. The zero-order valence-electron chi connectivity index (χ0n) is 6.79. The van der Waals surface area contributed by atoms with Gasteiger partial charge in [-0.25, -0.2) is 4.79 Å². The van der Waals surface area contributed by atoms with E-state index in [-0.39, 0.29) is 5.57 Å². The lowest BCUT2D eigenvalue weighted by molar-refractivity contribution is -0.139. The minimum atomic E-state index is -0.769. The predicted octanol–water partition coefficient (Wildman–Crippen LogP) is 0.0369. The van der Waals surface area contributed by atoms with Crippen LogP contribution >= 0.6 is 0 Å². The minimum Gasteiger partial charge on any atom is -0.463 e. The van der Waals surface area contributed by atoms with Gasteiger partial charge in [-0.1, -0.05) is 6.58 Å². The van der Waals surface area contributed by atoms with E-state index in [1.807, 2.05) is 0 Å². The number of hydrogen-bond acceptors (Lipinski definition) is 4. The molecule has 0 saturated carbocycles. The Morgan fingerprint density at radius 1 is 1.73 bits per heavy atom. The molecule has 64 valence electrons. The molecule has 0 aliphatic rings. The van der Waals surface area contributed by atoms with E-state index in [0.717, 1.165) is 0 Å². The van der Waals surface area contributed by atoms with E-state index in [0.29, 0.717) is 6.61 Å². The van der Waals surface area contributed by atoms with Crippen LogP contribution in [0.2, 0.25) is 0 Å². The lowest BCUT2D eigenvalue weighted by Crippen LogP contribution is -2.29. The number of nitrogens with two attached hydrogens (primary N) is 1. The molecule has 4 nitrogen and oxygen atoms in total. The second kappa shape index (κ2) is 4.87. The lowest BCUT2D eigenvalue weighted by Gasteiger charge is -2.10. The van der Waals surface area contributed by atoms with Crippen molar-refractivity contribution in [1.82, 2.24) is 0 Å². The van der Waals surface area contributed by atoms with Gasteiger partial charge in [-0.2, -0.15) is 0 Å². The van der Waals surface area contributed by atoms with Crippen LogP contribution in [0.15, 0.2) is 12.2 Å². The van der Waals surface area contributed by atoms with E-state index < -0.39 is 12.2 Å². The van der Waals surface area contributed by atoms with Crippen molar-refractivity contribution in [2.75, 3.05) is 13.7 Å². The molecule has 0 aromatic carbocycles. The van der Waals surface area contributed by atoms with E-state index in [1.54, 1.807) is 6.92 Å². The Balaban J connectivity index is 3.92. The van der Waals surface area contributed by atoms with E-state index >= 15 is 0 Å². The summed E-state index contributed by atoms with van der Waals surface area (Å²) >= 11 is 0. The molecule has 11 heavy (non-hydrogen) atoms. The fraction of sp³-hybridized carbons (Fsp3) is 0.571. The lowest BCUT2D eigenvalue weighted by atomic mass is 10.3. The first kappa shape index (κ1) is 10.1. The van der Waals surface area contributed by atoms with Gasteiger partial charge in [0.2, 0.25) is 0 Å². The Morgan fingerprint density at radius 2 is 2.27 bits per heavy atom. The number of esters is 1. The average molecular weight is 159 g/mol. The predicted molar refractivity (Wildman–Crippen MR) is 40.8 cm³/mol. The summed E-state index contributed by atoms with van der Waals surface area (Å²) < 4.78 is 9.28. The molecule has 0 aromatic heterocycles. The van der Waals surface area contributed by atoms with Crippen molar-refractivity contribution in [3.63, 3.8) is 0 Å². The van der Waals surface area contributed by atoms with Crippen LogP contribution in [-0.4, -0.2) is 25.9 Å². The molecule has 0 heterocycles. The summed E-state index contributed by atoms with van der Waals surface area (Å²) in [5.41, 5.74) is 5.46. The van der Waals surface area contributed by atoms with Gasteiger partial charge in [-0.05, 0) is 6.92 Å². The molecule has 1 unspecified atom stereocenters. The van der Waals surface area contributed by atoms with Crippen molar-refractivity contribution < 1.29 is 14.3 Å². The van der Waals surface area contributed by atoms with E-state index in [4.69, 9.17) is 5.73 Å². The van der Waals surface area contributed by atoms with Crippen molar-refractivity contribution in [1.29, 1.82) is 0 Å². The Kier molecular flexibility index (Phi) is 4.49. The number of ether oxygens (including phenoxy) is 2. The standard InChI is InChI=1S/C7H13NO3/c1-4-11-7(9)5(2)6(8)10-3/h6H,2,4,8H2,1,3H3. The molecule has 0 fully saturated rings. The van der Waals surface area contributed by atoms with Crippen molar-refractivity contribution >= 4 is 5.97 Å². The number of carbonyl (C=O) groups excluding carboxylic acids is 1. The highest BCUT2D eigenvalue weighted by Gasteiger charge is 2.14. The van der Waals surface area contributed by atoms with Gasteiger partial charge in [0, 0.05) is 7.11 Å². The topological polar surface area (TPSA) is 61.5 Å². The van der Waals surface area contributed by atoms with Gasteiger partial charge >= 0.3 is 5.97 Å². The van der Waals surface area contributed by atoms with Gasteiger partial charge in [0.15, 0.2) is 0 Å². The van der Waals surface area contributed by atoms with Gasteiger partial charge in [-0.3, -0.25) is 0 Å². The van der Waals surface area contributed by atoms with Crippen molar-refractivity contribution in [3.8, 4) is 0 Å². The van der Waals surface area contributed by atoms with E-state index in [9.17, 15) is 4.79 Å². The Morgan fingerprint density at radius 3 is 2.64 bits per heavy atom. The largest absolute Gasteiger partial charge is 0.463 e. The van der Waals surface area contributed by atoms with Crippen LogP contribution in [0.3, 0.4) is 0 Å². The Labute approximate surface area is 66.0 Å². The maximum atomic E-state index is 10.9. The zero-order chi connectivity index (χ0) is 8.85. The van der Waals surface area contributed by atoms with Crippen LogP contribution in [0.25, 0.3) is 0 Å². The highest BCUT2D eigenvalue weighted by molar-refractivity contribution is 5.88. The fourth-order valence-corrected chi connectivity index (χ4v) is 0.482. The fourth-order valence-electron chi connectivity index (χ4n) is 0.482. The van der Waals surface area contributed by atoms with Crippen molar-refractivity contribution in [3.05, 3.63) is 12.2 Å². The van der Waals surface area contributed by atoms with Gasteiger partial charge in [0.1, 0.15) is 6.23 Å². The number of methoxy groups -OCH3 is 1. The summed E-state index contributed by atoms with van der Waals surface area (Å²) in [4.78, 5) is 10.9. The number of rotatable bonds is 4. The van der Waals surface area contributed by atoms with Crippen LogP contribution in [0.4, 0.5) is 0 Å². The highest BCUT2D eigenvalue weighted by Crippen LogP contribution is 1.99. The maximum absolute atomic E-state index is 10.9. The average Bonchev–Trinajstić information content (AvgIpc) is 2.02. The molecule has 0 aliphatic heterocycles. The monoisotopic (exact) mass is 159 g/mol. The Bertz CT molecular complexity index is 156. The normalized spacial score (nSPS) is 12.3. The number of carbonyl (C=O) groups is 1. The molecule has 0 amide bonds. The molecule has 2 N–H and O–H groups in total. The molecule has 0 radical (unpaired) electrons. The molecule has 0 bridgehead atoms. The van der Waals surface area contributed by atoms with Crippen LogP contribution in [0, 0.1) is 0 Å². The minimum absolute atomic E-state index is 0.134. The van der Waals surface area contributed by atoms with Crippen molar-refractivity contribution in [2.45, 2.75) is 13.2 Å². The summed E-state index contributed by atoms with van der Waals surface area (Å²) in [7, 11) is 1.40. The third kappa shape index (κ3) is 3.15. The summed E-state index contributed by atoms with van der Waals surface area (Å²) in [5.74, 6) is -0.512. The second-order valence-corrected chi connectivity index (χ2v) is 1.90. The molecule has 0 aromatic rings. The third-order valence-corrected chi connectivity index (χ3v) is 1.13. The van der Waals surface area contributed by atoms with E-state index in [1.165, 1.54) is 7.11 Å². The number of hydrogen-bond donors (Lipinski definition) is 1. The van der Waals surface area contributed by atoms with Crippen LogP contribution < -0.4 is 5.73 Å². The quantitative estimate of drug-likeness (QED) is 0.357. The van der Waals surface area contributed by atoms with Crippen LogP contribution in [0.1, 0.15) is 6.92 Å². The molecule has 0 aliphatic carbocycles. The highest BCUT2D eigenvalue weighted by atomic mass is 16.5. The summed E-state index contributed by atoms with van der Waals surface area (Å²) in [6, 6.07) is 0. The zero-order valence-corrected chi connectivity index (χ0v) is 6.79. The second-order valence-electron chi connectivity index (χ2n) is 1.90. The molecule has 0 rings (SSSR count). The first-order valence-corrected chi connectivity index (χ1v) is 3.27. The molecule has 0 spiro atoms. The first-order valence-electron chi connectivity index (χ1n) is 3.27. The first-order chi connectivity index (χ1) is 5.13. The molecular weight excluding hydrogens is 146 g/mol. The third-order valence-electron chi connectivity index (χ3n) is 1.13. The summed E-state index contributed by atoms with van der Waals surface area (Å²) in [6.07, 6.45) is -0.769. The Hall–Kier alpha value is -0.870. The van der Waals surface area contributed by atoms with Gasteiger partial charge in [0.25, 0.3) is 0 Å². The maximum Gasteiger partial charge on any atom is 0.337 e. The SMILES string of the molecule is C=C(C(=O)OCC)C(N)OC. The molecule has 4 heteroatoms. The van der Waals surface area contributed by atoms with E-state index in [2.05, 4.69) is 16.1 Å². The van der Waals surface area contributed by atoms with Crippen molar-refractivity contribution in [2.24, 2.45) is 5.73 Å². The van der Waals surface area contributed by atoms with Gasteiger partial charge < -0.3 is 15.2 Å². The summed E-state index contributed by atoms with van der Waals surface area (Å²) in [6.45, 7) is 5.45. The van der Waals surface area contributed by atoms with Gasteiger partial charge in [-0.15, -0.1) is 0 Å². The van der Waals surface area contributed by atoms with Gasteiger partial charge in [0.05, 0.1) is 12.2 Å². The van der Waals surface area contributed by atoms with Crippen LogP contribution in [0.5, 0.6) is 0 Å². The molecule has 0 saturated heterocycles. The molecule has 1 atom stereocenters. The smallest absolute Gasteiger partial charge is 0.337 e. The summed E-state index contributed by atoms with van der Waals surface area (Å²) in [5, 5.41) is 0. The van der Waals surface area contributed by atoms with Crippen LogP contribution in [-0.2, 0) is 14.3 Å².